The fourth-order valence-corrected chi connectivity index (χ4v) is 2.38. The van der Waals surface area contributed by atoms with Gasteiger partial charge in [0, 0.05) is 18.8 Å². The highest BCUT2D eigenvalue weighted by Gasteiger charge is 2.20. The van der Waals surface area contributed by atoms with E-state index in [0.717, 1.165) is 30.9 Å². The highest BCUT2D eigenvalue weighted by atomic mass is 16.5. The molecule has 0 bridgehead atoms. The van der Waals surface area contributed by atoms with Crippen LogP contribution in [0, 0.1) is 5.92 Å². The lowest BCUT2D eigenvalue weighted by Gasteiger charge is -2.30. The van der Waals surface area contributed by atoms with Crippen molar-refractivity contribution in [3.05, 3.63) is 24.3 Å². The number of ether oxygens (including phenoxy) is 1. The van der Waals surface area contributed by atoms with E-state index < -0.39 is 0 Å². The first-order valence-corrected chi connectivity index (χ1v) is 6.98. The highest BCUT2D eigenvalue weighted by molar-refractivity contribution is 5.89. The lowest BCUT2D eigenvalue weighted by atomic mass is 10.0. The molecule has 2 amide bonds. The maximum absolute atomic E-state index is 12.1. The second-order valence-electron chi connectivity index (χ2n) is 5.08. The molecule has 1 aromatic rings. The predicted octanol–water partition coefficient (Wildman–Crippen LogP) is 3.35. The number of nitrogens with one attached hydrogen (secondary N) is 1. The molecule has 0 aromatic heterocycles. The molecule has 0 radical (unpaired) electrons. The van der Waals surface area contributed by atoms with Gasteiger partial charge < -0.3 is 15.0 Å². The van der Waals surface area contributed by atoms with Gasteiger partial charge in [0.1, 0.15) is 5.75 Å². The average molecular weight is 262 g/mol. The maximum Gasteiger partial charge on any atom is 0.321 e. The molecule has 19 heavy (non-hydrogen) atoms. The second kappa shape index (κ2) is 6.45. The Morgan fingerprint density at radius 3 is 2.79 bits per heavy atom. The number of carbonyl (C=O) groups excluding carboxylic acids is 1. The van der Waals surface area contributed by atoms with E-state index in [-0.39, 0.29) is 6.03 Å². The van der Waals surface area contributed by atoms with Crippen LogP contribution in [0.1, 0.15) is 26.7 Å². The van der Waals surface area contributed by atoms with Crippen molar-refractivity contribution in [1.29, 1.82) is 0 Å². The van der Waals surface area contributed by atoms with E-state index in [1.165, 1.54) is 6.42 Å². The van der Waals surface area contributed by atoms with Gasteiger partial charge >= 0.3 is 6.03 Å². The summed E-state index contributed by atoms with van der Waals surface area (Å²) in [6.45, 7) is 6.50. The largest absolute Gasteiger partial charge is 0.494 e. The molecule has 1 atom stereocenters. The standard InChI is InChI=1S/C15H22N2O2/c1-3-19-14-8-6-13(7-9-14)16-15(18)17-10-4-5-12(2)11-17/h6-9,12H,3-5,10-11H2,1-2H3,(H,16,18). The molecule has 1 N–H and O–H groups in total. The summed E-state index contributed by atoms with van der Waals surface area (Å²) in [5, 5.41) is 2.93. The summed E-state index contributed by atoms with van der Waals surface area (Å²) >= 11 is 0. The van der Waals surface area contributed by atoms with Gasteiger partial charge in [-0.15, -0.1) is 0 Å². The number of urea groups is 1. The van der Waals surface area contributed by atoms with Crippen LogP contribution in [0.2, 0.25) is 0 Å². The molecule has 1 unspecified atom stereocenters. The molecule has 0 spiro atoms. The summed E-state index contributed by atoms with van der Waals surface area (Å²) in [4.78, 5) is 14.0. The summed E-state index contributed by atoms with van der Waals surface area (Å²) < 4.78 is 5.37. The lowest BCUT2D eigenvalue weighted by Crippen LogP contribution is -2.41. The summed E-state index contributed by atoms with van der Waals surface area (Å²) in [6, 6.07) is 7.48. The first-order chi connectivity index (χ1) is 9.19. The zero-order chi connectivity index (χ0) is 13.7. The Labute approximate surface area is 114 Å². The summed E-state index contributed by atoms with van der Waals surface area (Å²) in [5.41, 5.74) is 0.812. The lowest BCUT2D eigenvalue weighted by molar-refractivity contribution is 0.182. The van der Waals surface area contributed by atoms with Crippen molar-refractivity contribution in [2.75, 3.05) is 25.0 Å². The normalized spacial score (nSPS) is 19.1. The molecule has 0 aliphatic carbocycles. The molecule has 1 aliphatic rings. The van der Waals surface area contributed by atoms with Gasteiger partial charge in [-0.1, -0.05) is 6.92 Å². The molecule has 1 heterocycles. The Balaban J connectivity index is 1.90. The molecular weight excluding hydrogens is 240 g/mol. The molecule has 1 saturated heterocycles. The van der Waals surface area contributed by atoms with Gasteiger partial charge in [-0.05, 0) is 49.9 Å². The van der Waals surface area contributed by atoms with E-state index in [0.29, 0.717) is 12.5 Å². The van der Waals surface area contributed by atoms with Gasteiger partial charge in [-0.2, -0.15) is 0 Å². The second-order valence-corrected chi connectivity index (χ2v) is 5.08. The van der Waals surface area contributed by atoms with Crippen LogP contribution in [-0.2, 0) is 0 Å². The highest BCUT2D eigenvalue weighted by Crippen LogP contribution is 2.19. The van der Waals surface area contributed by atoms with E-state index in [4.69, 9.17) is 4.74 Å². The zero-order valence-electron chi connectivity index (χ0n) is 11.7. The molecule has 1 aliphatic heterocycles. The topological polar surface area (TPSA) is 41.6 Å². The number of hydrogen-bond donors (Lipinski definition) is 1. The Morgan fingerprint density at radius 2 is 2.16 bits per heavy atom. The summed E-state index contributed by atoms with van der Waals surface area (Å²) in [6.07, 6.45) is 2.31. The molecular formula is C15H22N2O2. The number of hydrogen-bond acceptors (Lipinski definition) is 2. The third-order valence-corrected chi connectivity index (χ3v) is 3.36. The number of benzene rings is 1. The molecule has 1 aromatic carbocycles. The number of likely N-dealkylation sites (tertiary alicyclic amines) is 1. The van der Waals surface area contributed by atoms with E-state index in [9.17, 15) is 4.79 Å². The summed E-state index contributed by atoms with van der Waals surface area (Å²) in [7, 11) is 0. The van der Waals surface area contributed by atoms with Gasteiger partial charge in [-0.3, -0.25) is 0 Å². The van der Waals surface area contributed by atoms with Crippen LogP contribution in [0.25, 0.3) is 0 Å². The van der Waals surface area contributed by atoms with Gasteiger partial charge in [0.05, 0.1) is 6.61 Å². The fraction of sp³-hybridized carbons (Fsp3) is 0.533. The van der Waals surface area contributed by atoms with E-state index in [1.807, 2.05) is 36.1 Å². The van der Waals surface area contributed by atoms with Crippen molar-refractivity contribution >= 4 is 11.7 Å². The molecule has 1 fully saturated rings. The Morgan fingerprint density at radius 1 is 1.42 bits per heavy atom. The Hall–Kier alpha value is -1.71. The quantitative estimate of drug-likeness (QED) is 0.907. The third-order valence-electron chi connectivity index (χ3n) is 3.36. The minimum absolute atomic E-state index is 0.00397. The average Bonchev–Trinajstić information content (AvgIpc) is 2.41. The van der Waals surface area contributed by atoms with E-state index in [2.05, 4.69) is 12.2 Å². The van der Waals surface area contributed by atoms with Gasteiger partial charge in [0.15, 0.2) is 0 Å². The van der Waals surface area contributed by atoms with Crippen molar-refractivity contribution in [2.24, 2.45) is 5.92 Å². The maximum atomic E-state index is 12.1. The van der Waals surface area contributed by atoms with Crippen molar-refractivity contribution in [2.45, 2.75) is 26.7 Å². The van der Waals surface area contributed by atoms with Crippen molar-refractivity contribution < 1.29 is 9.53 Å². The molecule has 2 rings (SSSR count). The Bertz CT molecular complexity index is 417. The van der Waals surface area contributed by atoms with Crippen LogP contribution in [0.5, 0.6) is 5.75 Å². The first kappa shape index (κ1) is 13.7. The zero-order valence-corrected chi connectivity index (χ0v) is 11.7. The van der Waals surface area contributed by atoms with Crippen LogP contribution < -0.4 is 10.1 Å². The fourth-order valence-electron chi connectivity index (χ4n) is 2.38. The van der Waals surface area contributed by atoms with Gasteiger partial charge in [-0.25, -0.2) is 4.79 Å². The predicted molar refractivity (Wildman–Crippen MR) is 76.6 cm³/mol. The van der Waals surface area contributed by atoms with Gasteiger partial charge in [0.2, 0.25) is 0 Å². The van der Waals surface area contributed by atoms with Crippen molar-refractivity contribution in [1.82, 2.24) is 4.90 Å². The SMILES string of the molecule is CCOc1ccc(NC(=O)N2CCCC(C)C2)cc1. The molecule has 4 nitrogen and oxygen atoms in total. The summed E-state index contributed by atoms with van der Waals surface area (Å²) in [5.74, 6) is 1.42. The molecule has 104 valence electrons. The van der Waals surface area contributed by atoms with Crippen LogP contribution in [0.4, 0.5) is 10.5 Å². The van der Waals surface area contributed by atoms with Crippen LogP contribution in [0.15, 0.2) is 24.3 Å². The van der Waals surface area contributed by atoms with Crippen LogP contribution in [-0.4, -0.2) is 30.6 Å². The molecule has 0 saturated carbocycles. The number of piperidine rings is 1. The monoisotopic (exact) mass is 262 g/mol. The van der Waals surface area contributed by atoms with E-state index >= 15 is 0 Å². The number of nitrogens with zero attached hydrogens (tertiary/aromatic N) is 1. The Kier molecular flexibility index (Phi) is 4.66. The van der Waals surface area contributed by atoms with Crippen LogP contribution >= 0.6 is 0 Å². The number of carbonyl (C=O) groups is 1. The van der Waals surface area contributed by atoms with Crippen LogP contribution in [0.3, 0.4) is 0 Å². The van der Waals surface area contributed by atoms with E-state index in [1.54, 1.807) is 0 Å². The van der Waals surface area contributed by atoms with Crippen molar-refractivity contribution in [3.63, 3.8) is 0 Å². The third kappa shape index (κ3) is 3.88. The number of amides is 2. The first-order valence-electron chi connectivity index (χ1n) is 6.98. The number of rotatable bonds is 3. The smallest absolute Gasteiger partial charge is 0.321 e. The van der Waals surface area contributed by atoms with Crippen molar-refractivity contribution in [3.8, 4) is 5.75 Å². The molecule has 4 heteroatoms. The number of anilines is 1. The van der Waals surface area contributed by atoms with Gasteiger partial charge in [0.25, 0.3) is 0 Å². The minimum atomic E-state index is -0.00397. The minimum Gasteiger partial charge on any atom is -0.494 e.